The Kier molecular flexibility index (Phi) is 4.29. The van der Waals surface area contributed by atoms with Crippen molar-refractivity contribution in [3.63, 3.8) is 0 Å². The van der Waals surface area contributed by atoms with Crippen LogP contribution in [0.5, 0.6) is 0 Å². The maximum Gasteiger partial charge on any atom is 0.246 e. The molecule has 2 rings (SSSR count). The molecule has 0 saturated carbocycles. The van der Waals surface area contributed by atoms with Gasteiger partial charge in [0.2, 0.25) is 11.8 Å². The molecule has 2 heterocycles. The van der Waals surface area contributed by atoms with Gasteiger partial charge in [0, 0.05) is 6.54 Å². The largest absolute Gasteiger partial charge is 0.342 e. The number of hydrogen-bond donors (Lipinski definition) is 1. The summed E-state index contributed by atoms with van der Waals surface area (Å²) in [6.07, 6.45) is 3.01. The molecule has 0 radical (unpaired) electrons. The van der Waals surface area contributed by atoms with Crippen molar-refractivity contribution in [1.29, 1.82) is 0 Å². The summed E-state index contributed by atoms with van der Waals surface area (Å²) in [5.74, 6) is 0.520. The van der Waals surface area contributed by atoms with Gasteiger partial charge in [0.05, 0.1) is 6.54 Å². The molecule has 0 aromatic carbocycles. The Morgan fingerprint density at radius 3 is 2.67 bits per heavy atom. The number of carbonyl (C=O) groups is 2. The zero-order valence-electron chi connectivity index (χ0n) is 13.1. The van der Waals surface area contributed by atoms with Gasteiger partial charge in [-0.15, -0.1) is 0 Å². The summed E-state index contributed by atoms with van der Waals surface area (Å²) in [7, 11) is 0. The predicted molar refractivity (Wildman–Crippen MR) is 77.2 cm³/mol. The zero-order chi connectivity index (χ0) is 15.6. The first-order chi connectivity index (χ1) is 9.91. The van der Waals surface area contributed by atoms with E-state index in [9.17, 15) is 9.59 Å². The van der Waals surface area contributed by atoms with Crippen LogP contribution < -0.4 is 5.32 Å². The summed E-state index contributed by atoms with van der Waals surface area (Å²) in [4.78, 5) is 30.6. The lowest BCUT2D eigenvalue weighted by molar-refractivity contribution is -0.156. The van der Waals surface area contributed by atoms with Crippen LogP contribution in [0.15, 0.2) is 6.33 Å². The van der Waals surface area contributed by atoms with Crippen LogP contribution in [0.3, 0.4) is 0 Å². The van der Waals surface area contributed by atoms with E-state index in [1.165, 1.54) is 6.33 Å². The highest BCUT2D eigenvalue weighted by atomic mass is 16.2. The lowest BCUT2D eigenvalue weighted by Crippen LogP contribution is -2.67. The molecule has 1 aliphatic rings. The SMILES string of the molecule is CCCn1ncnc1CN1C(=O)C(CC)NC(=O)C1(C)C. The molecule has 7 nitrogen and oxygen atoms in total. The summed E-state index contributed by atoms with van der Waals surface area (Å²) in [6, 6.07) is -0.451. The highest BCUT2D eigenvalue weighted by Gasteiger charge is 2.46. The Morgan fingerprint density at radius 2 is 2.05 bits per heavy atom. The van der Waals surface area contributed by atoms with Crippen LogP contribution in [0.4, 0.5) is 0 Å². The number of rotatable bonds is 5. The number of hydrogen-bond acceptors (Lipinski definition) is 4. The average molecular weight is 293 g/mol. The molecule has 0 aliphatic carbocycles. The zero-order valence-corrected chi connectivity index (χ0v) is 13.1. The van der Waals surface area contributed by atoms with Crippen molar-refractivity contribution in [1.82, 2.24) is 25.0 Å². The third-order valence-corrected chi connectivity index (χ3v) is 3.94. The Hall–Kier alpha value is -1.92. The van der Waals surface area contributed by atoms with Gasteiger partial charge in [-0.25, -0.2) is 9.67 Å². The van der Waals surface area contributed by atoms with Crippen molar-refractivity contribution in [2.75, 3.05) is 0 Å². The van der Waals surface area contributed by atoms with Gasteiger partial charge >= 0.3 is 0 Å². The summed E-state index contributed by atoms with van der Waals surface area (Å²) in [5, 5.41) is 6.95. The molecule has 1 aromatic heterocycles. The Morgan fingerprint density at radius 1 is 1.33 bits per heavy atom. The molecule has 1 N–H and O–H groups in total. The first kappa shape index (κ1) is 15.5. The molecule has 21 heavy (non-hydrogen) atoms. The maximum absolute atomic E-state index is 12.6. The highest BCUT2D eigenvalue weighted by Crippen LogP contribution is 2.24. The number of aromatic nitrogens is 3. The molecule has 1 unspecified atom stereocenters. The smallest absolute Gasteiger partial charge is 0.246 e. The number of carbonyl (C=O) groups excluding carboxylic acids is 2. The van der Waals surface area contributed by atoms with Crippen LogP contribution in [-0.4, -0.2) is 43.1 Å². The molecular formula is C14H23N5O2. The number of nitrogens with zero attached hydrogens (tertiary/aromatic N) is 4. The number of amides is 2. The van der Waals surface area contributed by atoms with Crippen molar-refractivity contribution >= 4 is 11.8 Å². The van der Waals surface area contributed by atoms with E-state index in [-0.39, 0.29) is 11.8 Å². The minimum atomic E-state index is -0.883. The second-order valence-electron chi connectivity index (χ2n) is 5.82. The monoisotopic (exact) mass is 293 g/mol. The first-order valence-corrected chi connectivity index (χ1v) is 7.40. The molecule has 0 spiro atoms. The summed E-state index contributed by atoms with van der Waals surface area (Å²) < 4.78 is 1.79. The van der Waals surface area contributed by atoms with Gasteiger partial charge in [0.15, 0.2) is 0 Å². The van der Waals surface area contributed by atoms with Crippen LogP contribution in [-0.2, 0) is 22.7 Å². The van der Waals surface area contributed by atoms with Gasteiger partial charge in [-0.2, -0.15) is 5.10 Å². The van der Waals surface area contributed by atoms with E-state index in [0.717, 1.165) is 13.0 Å². The van der Waals surface area contributed by atoms with Crippen LogP contribution in [0.25, 0.3) is 0 Å². The summed E-state index contributed by atoms with van der Waals surface area (Å²) in [5.41, 5.74) is -0.883. The fourth-order valence-electron chi connectivity index (χ4n) is 2.49. The maximum atomic E-state index is 12.6. The van der Waals surface area contributed by atoms with Gasteiger partial charge in [0.25, 0.3) is 0 Å². The van der Waals surface area contributed by atoms with Crippen LogP contribution >= 0.6 is 0 Å². The molecule has 116 valence electrons. The van der Waals surface area contributed by atoms with Crippen molar-refractivity contribution in [3.8, 4) is 0 Å². The molecule has 1 atom stereocenters. The third kappa shape index (κ3) is 2.77. The summed E-state index contributed by atoms with van der Waals surface area (Å²) in [6.45, 7) is 8.51. The van der Waals surface area contributed by atoms with Crippen molar-refractivity contribution in [2.45, 2.75) is 65.2 Å². The molecule has 2 amide bonds. The Balaban J connectivity index is 2.28. The van der Waals surface area contributed by atoms with Crippen LogP contribution in [0.1, 0.15) is 46.4 Å². The first-order valence-electron chi connectivity index (χ1n) is 7.40. The standard InChI is InChI=1S/C14H23N5O2/c1-5-7-19-11(15-9-16-19)8-18-12(20)10(6-2)17-13(21)14(18,3)4/h9-10H,5-8H2,1-4H3,(H,17,21). The molecule has 1 aromatic rings. The van der Waals surface area contributed by atoms with E-state index in [0.29, 0.717) is 18.8 Å². The second kappa shape index (κ2) is 5.83. The van der Waals surface area contributed by atoms with E-state index < -0.39 is 11.6 Å². The van der Waals surface area contributed by atoms with Gasteiger partial charge in [0.1, 0.15) is 23.7 Å². The Bertz CT molecular complexity index is 537. The van der Waals surface area contributed by atoms with E-state index >= 15 is 0 Å². The van der Waals surface area contributed by atoms with Crippen LogP contribution in [0, 0.1) is 0 Å². The quantitative estimate of drug-likeness (QED) is 0.867. The van der Waals surface area contributed by atoms with Gasteiger partial charge < -0.3 is 10.2 Å². The minimum Gasteiger partial charge on any atom is -0.342 e. The lowest BCUT2D eigenvalue weighted by atomic mass is 9.94. The van der Waals surface area contributed by atoms with Crippen molar-refractivity contribution < 1.29 is 9.59 Å². The van der Waals surface area contributed by atoms with Crippen molar-refractivity contribution in [3.05, 3.63) is 12.2 Å². The van der Waals surface area contributed by atoms with E-state index in [1.54, 1.807) is 23.4 Å². The van der Waals surface area contributed by atoms with Crippen LogP contribution in [0.2, 0.25) is 0 Å². The molecule has 1 fully saturated rings. The summed E-state index contributed by atoms with van der Waals surface area (Å²) >= 11 is 0. The molecule has 0 bridgehead atoms. The minimum absolute atomic E-state index is 0.0619. The number of nitrogens with one attached hydrogen (secondary N) is 1. The fraction of sp³-hybridized carbons (Fsp3) is 0.714. The van der Waals surface area contributed by atoms with Gasteiger partial charge in [-0.3, -0.25) is 9.59 Å². The molecule has 1 aliphatic heterocycles. The third-order valence-electron chi connectivity index (χ3n) is 3.94. The lowest BCUT2D eigenvalue weighted by Gasteiger charge is -2.43. The highest BCUT2D eigenvalue weighted by molar-refractivity contribution is 5.99. The van der Waals surface area contributed by atoms with Gasteiger partial charge in [-0.05, 0) is 26.7 Å². The second-order valence-corrected chi connectivity index (χ2v) is 5.82. The van der Waals surface area contributed by atoms with E-state index in [1.807, 2.05) is 6.92 Å². The Labute approximate surface area is 124 Å². The van der Waals surface area contributed by atoms with Gasteiger partial charge in [-0.1, -0.05) is 13.8 Å². The average Bonchev–Trinajstić information content (AvgIpc) is 2.87. The predicted octanol–water partition coefficient (Wildman–Crippen LogP) is 0.704. The molecular weight excluding hydrogens is 270 g/mol. The molecule has 1 saturated heterocycles. The van der Waals surface area contributed by atoms with E-state index in [4.69, 9.17) is 0 Å². The fourth-order valence-corrected chi connectivity index (χ4v) is 2.49. The normalized spacial score (nSPS) is 21.5. The van der Waals surface area contributed by atoms with Crippen molar-refractivity contribution in [2.24, 2.45) is 0 Å². The number of aryl methyl sites for hydroxylation is 1. The molecule has 7 heteroatoms. The van der Waals surface area contributed by atoms with E-state index in [2.05, 4.69) is 22.3 Å². The number of piperazine rings is 1. The topological polar surface area (TPSA) is 80.1 Å².